The van der Waals surface area contributed by atoms with Crippen molar-refractivity contribution in [3.8, 4) is 0 Å². The lowest BCUT2D eigenvalue weighted by Crippen LogP contribution is -2.48. The maximum Gasteiger partial charge on any atom is 0.149 e. The lowest BCUT2D eigenvalue weighted by molar-refractivity contribution is -0.118. The van der Waals surface area contributed by atoms with Crippen LogP contribution in [0.25, 0.3) is 10.9 Å². The SMILES string of the molecule is CC1(F)CC(C)(C(O)c2c(F)c(Cl)cc3cn[nH]c23)C1. The summed E-state index contributed by atoms with van der Waals surface area (Å²) in [6, 6.07) is 1.45. The van der Waals surface area contributed by atoms with E-state index in [9.17, 15) is 13.9 Å². The number of aliphatic hydroxyl groups excluding tert-OH is 1. The monoisotopic (exact) mass is 300 g/mol. The first-order chi connectivity index (χ1) is 9.23. The standard InChI is InChI=1S/C14H15ClF2N2O/c1-13(5-14(2,17)6-13)12(20)9-10(16)8(15)3-7-4-18-19-11(7)9/h3-4,12,20H,5-6H2,1-2H3,(H,18,19). The second-order valence-corrected chi connectivity index (χ2v) is 6.65. The lowest BCUT2D eigenvalue weighted by Gasteiger charge is -2.50. The summed E-state index contributed by atoms with van der Waals surface area (Å²) in [7, 11) is 0. The lowest BCUT2D eigenvalue weighted by atomic mass is 9.58. The van der Waals surface area contributed by atoms with Crippen molar-refractivity contribution >= 4 is 22.5 Å². The van der Waals surface area contributed by atoms with Gasteiger partial charge in [-0.2, -0.15) is 5.10 Å². The highest BCUT2D eigenvalue weighted by Crippen LogP contribution is 2.57. The fourth-order valence-electron chi connectivity index (χ4n) is 3.49. The van der Waals surface area contributed by atoms with Crippen molar-refractivity contribution in [2.45, 2.75) is 38.5 Å². The smallest absolute Gasteiger partial charge is 0.149 e. The molecular weight excluding hydrogens is 286 g/mol. The zero-order valence-corrected chi connectivity index (χ0v) is 11.9. The van der Waals surface area contributed by atoms with E-state index in [2.05, 4.69) is 10.2 Å². The van der Waals surface area contributed by atoms with Crippen LogP contribution in [0.5, 0.6) is 0 Å². The Hall–Kier alpha value is -1.20. The number of benzene rings is 1. The highest BCUT2D eigenvalue weighted by molar-refractivity contribution is 6.31. The second kappa shape index (κ2) is 4.15. The third-order valence-electron chi connectivity index (χ3n) is 4.14. The Bertz CT molecular complexity index is 675. The molecule has 108 valence electrons. The molecule has 20 heavy (non-hydrogen) atoms. The summed E-state index contributed by atoms with van der Waals surface area (Å²) in [6.07, 6.45) is 0.748. The molecule has 1 aliphatic carbocycles. The Kier molecular flexibility index (Phi) is 2.86. The zero-order chi connectivity index (χ0) is 14.7. The number of aromatic amines is 1. The fraction of sp³-hybridized carbons (Fsp3) is 0.500. The van der Waals surface area contributed by atoms with Crippen molar-refractivity contribution in [1.82, 2.24) is 10.2 Å². The van der Waals surface area contributed by atoms with E-state index in [0.717, 1.165) is 0 Å². The van der Waals surface area contributed by atoms with Crippen molar-refractivity contribution in [3.63, 3.8) is 0 Å². The van der Waals surface area contributed by atoms with Crippen molar-refractivity contribution in [3.05, 3.63) is 28.7 Å². The zero-order valence-electron chi connectivity index (χ0n) is 11.2. The molecule has 1 aliphatic rings. The number of aromatic nitrogens is 2. The van der Waals surface area contributed by atoms with Crippen molar-refractivity contribution in [2.24, 2.45) is 5.41 Å². The molecule has 2 N–H and O–H groups in total. The van der Waals surface area contributed by atoms with E-state index in [1.807, 2.05) is 0 Å². The number of aliphatic hydroxyl groups is 1. The van der Waals surface area contributed by atoms with Gasteiger partial charge in [0, 0.05) is 16.4 Å². The topological polar surface area (TPSA) is 48.9 Å². The summed E-state index contributed by atoms with van der Waals surface area (Å²) >= 11 is 5.86. The molecule has 1 fully saturated rings. The number of nitrogens with zero attached hydrogens (tertiary/aromatic N) is 1. The van der Waals surface area contributed by atoms with Gasteiger partial charge in [-0.15, -0.1) is 0 Å². The molecule has 6 heteroatoms. The van der Waals surface area contributed by atoms with Gasteiger partial charge in [-0.1, -0.05) is 18.5 Å². The van der Waals surface area contributed by atoms with E-state index in [1.165, 1.54) is 19.2 Å². The normalized spacial score (nSPS) is 31.3. The summed E-state index contributed by atoms with van der Waals surface area (Å²) in [4.78, 5) is 0. The highest BCUT2D eigenvalue weighted by atomic mass is 35.5. The van der Waals surface area contributed by atoms with Gasteiger partial charge >= 0.3 is 0 Å². The Balaban J connectivity index is 2.10. The molecular formula is C14H15ClF2N2O. The largest absolute Gasteiger partial charge is 0.388 e. The van der Waals surface area contributed by atoms with Crippen LogP contribution in [-0.2, 0) is 0 Å². The van der Waals surface area contributed by atoms with Crippen LogP contribution in [0.3, 0.4) is 0 Å². The van der Waals surface area contributed by atoms with Gasteiger partial charge in [0.1, 0.15) is 11.5 Å². The van der Waals surface area contributed by atoms with Crippen LogP contribution < -0.4 is 0 Å². The molecule has 0 spiro atoms. The van der Waals surface area contributed by atoms with Crippen LogP contribution in [-0.4, -0.2) is 21.0 Å². The van der Waals surface area contributed by atoms with Crippen molar-refractivity contribution in [2.75, 3.05) is 0 Å². The number of halogens is 3. The molecule has 3 nitrogen and oxygen atoms in total. The molecule has 3 rings (SSSR count). The summed E-state index contributed by atoms with van der Waals surface area (Å²) in [5.74, 6) is -0.676. The van der Waals surface area contributed by atoms with Crippen LogP contribution >= 0.6 is 11.6 Å². The average Bonchev–Trinajstić information content (AvgIpc) is 2.74. The predicted octanol–water partition coefficient (Wildman–Crippen LogP) is 3.92. The first-order valence-corrected chi connectivity index (χ1v) is 6.79. The molecule has 1 unspecified atom stereocenters. The van der Waals surface area contributed by atoms with Crippen LogP contribution in [0, 0.1) is 11.2 Å². The highest BCUT2D eigenvalue weighted by Gasteiger charge is 2.54. The fourth-order valence-corrected chi connectivity index (χ4v) is 3.71. The molecule has 1 saturated carbocycles. The van der Waals surface area contributed by atoms with Gasteiger partial charge in [0.15, 0.2) is 0 Å². The minimum absolute atomic E-state index is 0.0705. The summed E-state index contributed by atoms with van der Waals surface area (Å²) in [5.41, 5.74) is -1.53. The molecule has 0 bridgehead atoms. The summed E-state index contributed by atoms with van der Waals surface area (Å²) in [5, 5.41) is 17.6. The minimum atomic E-state index is -1.31. The van der Waals surface area contributed by atoms with Crippen molar-refractivity contribution < 1.29 is 13.9 Å². The van der Waals surface area contributed by atoms with Gasteiger partial charge in [-0.05, 0) is 25.8 Å². The van der Waals surface area contributed by atoms with Crippen LogP contribution in [0.1, 0.15) is 38.4 Å². The number of rotatable bonds is 2. The molecule has 1 heterocycles. The van der Waals surface area contributed by atoms with E-state index in [1.54, 1.807) is 6.92 Å². The van der Waals surface area contributed by atoms with Crippen LogP contribution in [0.2, 0.25) is 5.02 Å². The first kappa shape index (κ1) is 13.8. The number of nitrogens with one attached hydrogen (secondary N) is 1. The van der Waals surface area contributed by atoms with E-state index in [0.29, 0.717) is 10.9 Å². The van der Waals surface area contributed by atoms with Gasteiger partial charge in [0.05, 0.1) is 22.8 Å². The number of hydrogen-bond acceptors (Lipinski definition) is 2. The van der Waals surface area contributed by atoms with Gasteiger partial charge in [-0.25, -0.2) is 8.78 Å². The second-order valence-electron chi connectivity index (χ2n) is 6.24. The third-order valence-corrected chi connectivity index (χ3v) is 4.42. The minimum Gasteiger partial charge on any atom is -0.388 e. The van der Waals surface area contributed by atoms with Gasteiger partial charge in [-0.3, -0.25) is 5.10 Å². The summed E-state index contributed by atoms with van der Waals surface area (Å²) < 4.78 is 28.1. The van der Waals surface area contributed by atoms with Crippen molar-refractivity contribution in [1.29, 1.82) is 0 Å². The van der Waals surface area contributed by atoms with Crippen LogP contribution in [0.15, 0.2) is 12.3 Å². The first-order valence-electron chi connectivity index (χ1n) is 6.41. The predicted molar refractivity (Wildman–Crippen MR) is 72.9 cm³/mol. The Morgan fingerprint density at radius 3 is 2.70 bits per heavy atom. The molecule has 1 aromatic heterocycles. The molecule has 0 radical (unpaired) electrons. The number of fused-ring (bicyclic) bond motifs is 1. The molecule has 1 atom stereocenters. The third kappa shape index (κ3) is 1.91. The summed E-state index contributed by atoms with van der Waals surface area (Å²) in [6.45, 7) is 3.24. The number of hydrogen-bond donors (Lipinski definition) is 2. The molecule has 1 aromatic carbocycles. The molecule has 0 aliphatic heterocycles. The van der Waals surface area contributed by atoms with Gasteiger partial charge in [0.2, 0.25) is 0 Å². The number of alkyl halides is 1. The molecule has 0 saturated heterocycles. The van der Waals surface area contributed by atoms with Crippen LogP contribution in [0.4, 0.5) is 8.78 Å². The maximum absolute atomic E-state index is 14.3. The van der Waals surface area contributed by atoms with Gasteiger partial charge in [0.25, 0.3) is 0 Å². The average molecular weight is 301 g/mol. The molecule has 0 amide bonds. The van der Waals surface area contributed by atoms with Gasteiger partial charge < -0.3 is 5.11 Å². The van der Waals surface area contributed by atoms with E-state index in [4.69, 9.17) is 11.6 Å². The van der Waals surface area contributed by atoms with E-state index in [-0.39, 0.29) is 23.4 Å². The number of H-pyrrole nitrogens is 1. The van der Waals surface area contributed by atoms with E-state index >= 15 is 0 Å². The van der Waals surface area contributed by atoms with E-state index < -0.39 is 23.0 Å². The maximum atomic E-state index is 14.3. The quantitative estimate of drug-likeness (QED) is 0.883. The molecule has 2 aromatic rings. The Morgan fingerprint density at radius 1 is 1.45 bits per heavy atom. The Morgan fingerprint density at radius 2 is 2.10 bits per heavy atom. The Labute approximate surface area is 119 Å².